The van der Waals surface area contributed by atoms with Crippen molar-refractivity contribution in [3.05, 3.63) is 28.5 Å². The van der Waals surface area contributed by atoms with Gasteiger partial charge in [-0.3, -0.25) is 9.78 Å². The van der Waals surface area contributed by atoms with Gasteiger partial charge in [-0.15, -0.1) is 0 Å². The zero-order chi connectivity index (χ0) is 11.5. The van der Waals surface area contributed by atoms with E-state index in [0.29, 0.717) is 5.56 Å². The zero-order valence-electron chi connectivity index (χ0n) is 9.11. The molecular formula is C11H14BrN3O. The highest BCUT2D eigenvalue weighted by atomic mass is 79.9. The first-order valence-corrected chi connectivity index (χ1v) is 6.10. The zero-order valence-corrected chi connectivity index (χ0v) is 10.7. The summed E-state index contributed by atoms with van der Waals surface area (Å²) in [6, 6.07) is 2.05. The SMILES string of the molecule is C[C@@H]1CNCCN1C(=O)c1cncc(Br)c1. The monoisotopic (exact) mass is 283 g/mol. The van der Waals surface area contributed by atoms with Crippen LogP contribution in [-0.4, -0.2) is 41.5 Å². The predicted molar refractivity (Wildman–Crippen MR) is 65.3 cm³/mol. The number of nitrogens with one attached hydrogen (secondary N) is 1. The summed E-state index contributed by atoms with van der Waals surface area (Å²) in [6.07, 6.45) is 3.29. The molecule has 0 spiro atoms. The Hall–Kier alpha value is -0.940. The maximum absolute atomic E-state index is 12.2. The topological polar surface area (TPSA) is 45.2 Å². The van der Waals surface area contributed by atoms with Gasteiger partial charge >= 0.3 is 0 Å². The van der Waals surface area contributed by atoms with E-state index in [-0.39, 0.29) is 11.9 Å². The fraction of sp³-hybridized carbons (Fsp3) is 0.455. The van der Waals surface area contributed by atoms with Gasteiger partial charge < -0.3 is 10.2 Å². The van der Waals surface area contributed by atoms with Crippen molar-refractivity contribution >= 4 is 21.8 Å². The summed E-state index contributed by atoms with van der Waals surface area (Å²) in [4.78, 5) is 18.1. The first-order valence-electron chi connectivity index (χ1n) is 5.30. The molecule has 4 nitrogen and oxygen atoms in total. The Kier molecular flexibility index (Phi) is 3.56. The van der Waals surface area contributed by atoms with Crippen molar-refractivity contribution in [1.29, 1.82) is 0 Å². The van der Waals surface area contributed by atoms with Crippen LogP contribution in [0.2, 0.25) is 0 Å². The fourth-order valence-electron chi connectivity index (χ4n) is 1.84. The minimum absolute atomic E-state index is 0.0581. The van der Waals surface area contributed by atoms with Gasteiger partial charge in [-0.25, -0.2) is 0 Å². The molecule has 5 heteroatoms. The molecule has 0 bridgehead atoms. The Labute approximate surface area is 103 Å². The minimum atomic E-state index is 0.0581. The summed E-state index contributed by atoms with van der Waals surface area (Å²) < 4.78 is 0.834. The highest BCUT2D eigenvalue weighted by Gasteiger charge is 2.24. The first-order chi connectivity index (χ1) is 7.68. The number of rotatable bonds is 1. The molecule has 0 radical (unpaired) electrons. The molecule has 2 rings (SSSR count). The molecule has 1 aliphatic heterocycles. The number of amides is 1. The van der Waals surface area contributed by atoms with Gasteiger partial charge in [0.25, 0.3) is 5.91 Å². The summed E-state index contributed by atoms with van der Waals surface area (Å²) in [5.74, 6) is 0.0581. The van der Waals surface area contributed by atoms with E-state index in [0.717, 1.165) is 24.1 Å². The normalized spacial score (nSPS) is 20.9. The maximum Gasteiger partial charge on any atom is 0.255 e. The Morgan fingerprint density at radius 1 is 1.62 bits per heavy atom. The molecule has 1 aliphatic rings. The van der Waals surface area contributed by atoms with Crippen LogP contribution in [0.15, 0.2) is 22.9 Å². The second kappa shape index (κ2) is 4.93. The van der Waals surface area contributed by atoms with Crippen LogP contribution in [-0.2, 0) is 0 Å². The number of aromatic nitrogens is 1. The van der Waals surface area contributed by atoms with Crippen LogP contribution in [0.3, 0.4) is 0 Å². The highest BCUT2D eigenvalue weighted by Crippen LogP contribution is 2.14. The molecule has 1 aromatic heterocycles. The van der Waals surface area contributed by atoms with Gasteiger partial charge in [0, 0.05) is 42.5 Å². The number of carbonyl (C=O) groups excluding carboxylic acids is 1. The molecule has 0 aliphatic carbocycles. The van der Waals surface area contributed by atoms with Crippen molar-refractivity contribution in [2.24, 2.45) is 0 Å². The largest absolute Gasteiger partial charge is 0.333 e. The smallest absolute Gasteiger partial charge is 0.255 e. The lowest BCUT2D eigenvalue weighted by Gasteiger charge is -2.33. The third-order valence-electron chi connectivity index (χ3n) is 2.71. The van der Waals surface area contributed by atoms with E-state index in [4.69, 9.17) is 0 Å². The molecule has 1 fully saturated rings. The van der Waals surface area contributed by atoms with E-state index in [2.05, 4.69) is 33.2 Å². The number of pyridine rings is 1. The molecule has 1 atom stereocenters. The standard InChI is InChI=1S/C11H14BrN3O/c1-8-5-13-2-3-15(8)11(16)9-4-10(12)7-14-6-9/h4,6-8,13H,2-3,5H2,1H3/t8-/m1/s1. The van der Waals surface area contributed by atoms with Crippen LogP contribution in [0.5, 0.6) is 0 Å². The predicted octanol–water partition coefficient (Wildman–Crippen LogP) is 1.28. The Morgan fingerprint density at radius 2 is 2.44 bits per heavy atom. The molecule has 86 valence electrons. The van der Waals surface area contributed by atoms with Crippen molar-refractivity contribution in [1.82, 2.24) is 15.2 Å². The van der Waals surface area contributed by atoms with Crippen LogP contribution >= 0.6 is 15.9 Å². The Bertz CT molecular complexity index is 397. The van der Waals surface area contributed by atoms with Crippen LogP contribution in [0.4, 0.5) is 0 Å². The van der Waals surface area contributed by atoms with Crippen molar-refractivity contribution in [2.45, 2.75) is 13.0 Å². The van der Waals surface area contributed by atoms with Gasteiger partial charge in [-0.1, -0.05) is 0 Å². The van der Waals surface area contributed by atoms with E-state index in [1.807, 2.05) is 11.0 Å². The molecule has 0 unspecified atom stereocenters. The quantitative estimate of drug-likeness (QED) is 0.845. The molecule has 16 heavy (non-hydrogen) atoms. The average molecular weight is 284 g/mol. The first kappa shape index (κ1) is 11.5. The Balaban J connectivity index is 2.17. The number of hydrogen-bond donors (Lipinski definition) is 1. The van der Waals surface area contributed by atoms with E-state index in [9.17, 15) is 4.79 Å². The van der Waals surface area contributed by atoms with E-state index in [1.165, 1.54) is 0 Å². The molecule has 1 saturated heterocycles. The molecule has 1 aromatic rings. The van der Waals surface area contributed by atoms with Gasteiger partial charge in [-0.2, -0.15) is 0 Å². The average Bonchev–Trinajstić information content (AvgIpc) is 2.29. The van der Waals surface area contributed by atoms with Crippen LogP contribution in [0.1, 0.15) is 17.3 Å². The molecule has 1 N–H and O–H groups in total. The summed E-state index contributed by atoms with van der Waals surface area (Å²) in [7, 11) is 0. The second-order valence-electron chi connectivity index (χ2n) is 3.94. The van der Waals surface area contributed by atoms with Crippen molar-refractivity contribution in [3.63, 3.8) is 0 Å². The van der Waals surface area contributed by atoms with Crippen LogP contribution < -0.4 is 5.32 Å². The van der Waals surface area contributed by atoms with Gasteiger partial charge in [0.05, 0.1) is 5.56 Å². The summed E-state index contributed by atoms with van der Waals surface area (Å²) in [5.41, 5.74) is 0.642. The second-order valence-corrected chi connectivity index (χ2v) is 4.86. The van der Waals surface area contributed by atoms with Gasteiger partial charge in [0.15, 0.2) is 0 Å². The summed E-state index contributed by atoms with van der Waals surface area (Å²) >= 11 is 3.32. The molecule has 0 aromatic carbocycles. The van der Waals surface area contributed by atoms with Crippen molar-refractivity contribution in [2.75, 3.05) is 19.6 Å². The highest BCUT2D eigenvalue weighted by molar-refractivity contribution is 9.10. The third kappa shape index (κ3) is 2.41. The summed E-state index contributed by atoms with van der Waals surface area (Å²) in [6.45, 7) is 4.52. The lowest BCUT2D eigenvalue weighted by molar-refractivity contribution is 0.0655. The minimum Gasteiger partial charge on any atom is -0.333 e. The summed E-state index contributed by atoms with van der Waals surface area (Å²) in [5, 5.41) is 3.26. The fourth-order valence-corrected chi connectivity index (χ4v) is 2.20. The third-order valence-corrected chi connectivity index (χ3v) is 3.15. The number of hydrogen-bond acceptors (Lipinski definition) is 3. The molecule has 1 amide bonds. The number of carbonyl (C=O) groups is 1. The number of halogens is 1. The molecule has 2 heterocycles. The van der Waals surface area contributed by atoms with Crippen LogP contribution in [0.25, 0.3) is 0 Å². The van der Waals surface area contributed by atoms with Gasteiger partial charge in [-0.05, 0) is 28.9 Å². The lowest BCUT2D eigenvalue weighted by atomic mass is 10.1. The van der Waals surface area contributed by atoms with E-state index in [1.54, 1.807) is 12.4 Å². The van der Waals surface area contributed by atoms with Crippen LogP contribution in [0, 0.1) is 0 Å². The number of piperazine rings is 1. The maximum atomic E-state index is 12.2. The van der Waals surface area contributed by atoms with E-state index < -0.39 is 0 Å². The molecular weight excluding hydrogens is 270 g/mol. The molecule has 0 saturated carbocycles. The van der Waals surface area contributed by atoms with Crippen molar-refractivity contribution in [3.8, 4) is 0 Å². The van der Waals surface area contributed by atoms with Gasteiger partial charge in [0.2, 0.25) is 0 Å². The van der Waals surface area contributed by atoms with Gasteiger partial charge in [0.1, 0.15) is 0 Å². The Morgan fingerprint density at radius 3 is 3.12 bits per heavy atom. The van der Waals surface area contributed by atoms with E-state index >= 15 is 0 Å². The number of nitrogens with zero attached hydrogens (tertiary/aromatic N) is 2. The lowest BCUT2D eigenvalue weighted by Crippen LogP contribution is -2.52. The van der Waals surface area contributed by atoms with Crippen molar-refractivity contribution < 1.29 is 4.79 Å².